The second-order valence-electron chi connectivity index (χ2n) is 5.32. The number of carbonyl (C=O) groups is 3. The van der Waals surface area contributed by atoms with Crippen LogP contribution in [-0.2, 0) is 9.59 Å². The summed E-state index contributed by atoms with van der Waals surface area (Å²) in [6.07, 6.45) is 4.50. The van der Waals surface area contributed by atoms with Crippen LogP contribution in [-0.4, -0.2) is 33.5 Å². The summed E-state index contributed by atoms with van der Waals surface area (Å²) < 4.78 is 39.7. The second kappa shape index (κ2) is 7.62. The lowest BCUT2D eigenvalue weighted by atomic mass is 10.2. The Morgan fingerprint density at radius 3 is 2.52 bits per heavy atom. The molecule has 0 atom stereocenters. The number of nitrogens with one attached hydrogen (secondary N) is 1. The lowest BCUT2D eigenvalue weighted by Crippen LogP contribution is -2.36. The van der Waals surface area contributed by atoms with Crippen molar-refractivity contribution >= 4 is 40.6 Å². The van der Waals surface area contributed by atoms with Gasteiger partial charge in [-0.25, -0.2) is 13.2 Å². The molecule has 10 heteroatoms. The van der Waals surface area contributed by atoms with Gasteiger partial charge in [-0.2, -0.15) is 0 Å². The first-order valence-electron chi connectivity index (χ1n) is 7.45. The van der Waals surface area contributed by atoms with Crippen molar-refractivity contribution in [1.82, 2.24) is 9.88 Å². The zero-order chi connectivity index (χ0) is 19.6. The highest BCUT2D eigenvalue weighted by Crippen LogP contribution is 2.32. The molecule has 6 nitrogen and oxygen atoms in total. The highest BCUT2D eigenvalue weighted by molar-refractivity contribution is 8.18. The van der Waals surface area contributed by atoms with Gasteiger partial charge in [0.2, 0.25) is 5.91 Å². The molecule has 3 rings (SSSR count). The zero-order valence-electron chi connectivity index (χ0n) is 13.4. The van der Waals surface area contributed by atoms with Crippen LogP contribution in [0, 0.1) is 17.5 Å². The Hall–Kier alpha value is -3.14. The van der Waals surface area contributed by atoms with Crippen molar-refractivity contribution in [2.24, 2.45) is 0 Å². The Balaban J connectivity index is 1.71. The smallest absolute Gasteiger partial charge is 0.294 e. The van der Waals surface area contributed by atoms with Gasteiger partial charge in [0.25, 0.3) is 11.1 Å². The number of hydrogen-bond donors (Lipinski definition) is 1. The summed E-state index contributed by atoms with van der Waals surface area (Å²) in [5, 5.41) is 1.33. The maximum Gasteiger partial charge on any atom is 0.294 e. The molecule has 0 bridgehead atoms. The normalized spacial score (nSPS) is 15.5. The number of aromatic nitrogens is 1. The number of carbonyl (C=O) groups excluding carboxylic acids is 3. The number of amides is 3. The second-order valence-corrected chi connectivity index (χ2v) is 6.31. The first-order chi connectivity index (χ1) is 12.9. The molecule has 3 amide bonds. The molecule has 1 aromatic carbocycles. The SMILES string of the molecule is O=C(CN1C(=O)S/C(=C/c2ccncc2)C1=O)Nc1ccc(F)c(F)c1F. The van der Waals surface area contributed by atoms with E-state index in [9.17, 15) is 27.6 Å². The summed E-state index contributed by atoms with van der Waals surface area (Å²) in [6, 6.07) is 4.74. The predicted octanol–water partition coefficient (Wildman–Crippen LogP) is 3.17. The first kappa shape index (κ1) is 18.6. The molecule has 0 spiro atoms. The highest BCUT2D eigenvalue weighted by Gasteiger charge is 2.36. The summed E-state index contributed by atoms with van der Waals surface area (Å²) in [6.45, 7) is -0.698. The molecule has 0 aliphatic carbocycles. The van der Waals surface area contributed by atoms with Gasteiger partial charge in [-0.05, 0) is 47.7 Å². The van der Waals surface area contributed by atoms with E-state index in [4.69, 9.17) is 0 Å². The molecule has 1 saturated heterocycles. The third-order valence-electron chi connectivity index (χ3n) is 3.49. The van der Waals surface area contributed by atoms with Gasteiger partial charge in [0.1, 0.15) is 6.54 Å². The number of rotatable bonds is 4. The molecule has 2 aromatic rings. The molecule has 1 aliphatic rings. The van der Waals surface area contributed by atoms with E-state index in [2.05, 4.69) is 4.98 Å². The molecular weight excluding hydrogens is 383 g/mol. The lowest BCUT2D eigenvalue weighted by molar-refractivity contribution is -0.127. The Morgan fingerprint density at radius 2 is 1.81 bits per heavy atom. The van der Waals surface area contributed by atoms with Crippen molar-refractivity contribution in [3.63, 3.8) is 0 Å². The summed E-state index contributed by atoms with van der Waals surface area (Å²) in [5.74, 6) is -6.35. The fourth-order valence-corrected chi connectivity index (χ4v) is 3.04. The van der Waals surface area contributed by atoms with Crippen molar-refractivity contribution in [2.45, 2.75) is 0 Å². The molecule has 1 N–H and O–H groups in total. The molecule has 2 heterocycles. The van der Waals surface area contributed by atoms with Crippen molar-refractivity contribution in [1.29, 1.82) is 0 Å². The van der Waals surface area contributed by atoms with E-state index in [1.165, 1.54) is 18.5 Å². The fourth-order valence-electron chi connectivity index (χ4n) is 2.20. The van der Waals surface area contributed by atoms with E-state index in [-0.39, 0.29) is 4.91 Å². The maximum absolute atomic E-state index is 13.6. The average molecular weight is 393 g/mol. The van der Waals surface area contributed by atoms with Gasteiger partial charge in [-0.1, -0.05) is 0 Å². The number of benzene rings is 1. The monoisotopic (exact) mass is 393 g/mol. The van der Waals surface area contributed by atoms with Gasteiger partial charge in [0.15, 0.2) is 17.5 Å². The van der Waals surface area contributed by atoms with Gasteiger partial charge in [-0.3, -0.25) is 24.3 Å². The van der Waals surface area contributed by atoms with E-state index in [0.717, 1.165) is 6.07 Å². The third-order valence-corrected chi connectivity index (χ3v) is 4.40. The van der Waals surface area contributed by atoms with Gasteiger partial charge >= 0.3 is 0 Å². The number of hydrogen-bond acceptors (Lipinski definition) is 5. The summed E-state index contributed by atoms with van der Waals surface area (Å²) in [7, 11) is 0. The van der Waals surface area contributed by atoms with E-state index in [0.29, 0.717) is 28.3 Å². The molecule has 1 aromatic heterocycles. The Labute approximate surface area is 155 Å². The summed E-state index contributed by atoms with van der Waals surface area (Å²) in [5.41, 5.74) is 0.0435. The number of anilines is 1. The van der Waals surface area contributed by atoms with Crippen LogP contribution in [0.4, 0.5) is 23.7 Å². The van der Waals surface area contributed by atoms with E-state index >= 15 is 0 Å². The Bertz CT molecular complexity index is 967. The molecule has 1 aliphatic heterocycles. The van der Waals surface area contributed by atoms with Crippen LogP contribution < -0.4 is 5.32 Å². The van der Waals surface area contributed by atoms with Crippen molar-refractivity contribution < 1.29 is 27.6 Å². The standard InChI is InChI=1S/C17H10F3N3O3S/c18-10-1-2-11(15(20)14(10)19)22-13(24)8-23-16(25)12(27-17(23)26)7-9-3-5-21-6-4-9/h1-7H,8H2,(H,22,24)/b12-7+. The topological polar surface area (TPSA) is 79.4 Å². The predicted molar refractivity (Wildman–Crippen MR) is 91.9 cm³/mol. The summed E-state index contributed by atoms with van der Waals surface area (Å²) in [4.78, 5) is 40.9. The molecule has 0 unspecified atom stereocenters. The third kappa shape index (κ3) is 4.00. The Morgan fingerprint density at radius 1 is 1.11 bits per heavy atom. The quantitative estimate of drug-likeness (QED) is 0.638. The number of nitrogens with zero attached hydrogens (tertiary/aromatic N) is 2. The largest absolute Gasteiger partial charge is 0.322 e. The van der Waals surface area contributed by atoms with Crippen molar-refractivity contribution in [3.8, 4) is 0 Å². The van der Waals surface area contributed by atoms with Gasteiger partial charge < -0.3 is 5.32 Å². The molecule has 0 radical (unpaired) electrons. The van der Waals surface area contributed by atoms with E-state index in [1.54, 1.807) is 12.1 Å². The number of pyridine rings is 1. The summed E-state index contributed by atoms with van der Waals surface area (Å²) >= 11 is 0.647. The minimum atomic E-state index is -1.74. The van der Waals surface area contributed by atoms with Gasteiger partial charge in [-0.15, -0.1) is 0 Å². The van der Waals surface area contributed by atoms with Crippen LogP contribution in [0.3, 0.4) is 0 Å². The average Bonchev–Trinajstić information content (AvgIpc) is 2.90. The van der Waals surface area contributed by atoms with E-state index < -0.39 is 46.7 Å². The van der Waals surface area contributed by atoms with Crippen LogP contribution in [0.5, 0.6) is 0 Å². The highest BCUT2D eigenvalue weighted by atomic mass is 32.2. The number of halogens is 3. The fraction of sp³-hybridized carbons (Fsp3) is 0.0588. The van der Waals surface area contributed by atoms with Crippen molar-refractivity contribution in [2.75, 3.05) is 11.9 Å². The molecule has 27 heavy (non-hydrogen) atoms. The molecule has 138 valence electrons. The Kier molecular flexibility index (Phi) is 5.26. The lowest BCUT2D eigenvalue weighted by Gasteiger charge is -2.13. The van der Waals surface area contributed by atoms with Crippen LogP contribution in [0.2, 0.25) is 0 Å². The molecule has 0 saturated carbocycles. The van der Waals surface area contributed by atoms with Crippen LogP contribution >= 0.6 is 11.8 Å². The van der Waals surface area contributed by atoms with Crippen LogP contribution in [0.25, 0.3) is 6.08 Å². The first-order valence-corrected chi connectivity index (χ1v) is 8.27. The number of imide groups is 1. The van der Waals surface area contributed by atoms with Gasteiger partial charge in [0.05, 0.1) is 10.6 Å². The maximum atomic E-state index is 13.6. The minimum Gasteiger partial charge on any atom is -0.322 e. The minimum absolute atomic E-state index is 0.109. The zero-order valence-corrected chi connectivity index (χ0v) is 14.2. The van der Waals surface area contributed by atoms with Gasteiger partial charge in [0, 0.05) is 12.4 Å². The van der Waals surface area contributed by atoms with Crippen LogP contribution in [0.1, 0.15) is 5.56 Å². The number of thioether (sulfide) groups is 1. The van der Waals surface area contributed by atoms with Crippen molar-refractivity contribution in [3.05, 3.63) is 64.6 Å². The van der Waals surface area contributed by atoms with E-state index in [1.807, 2.05) is 5.32 Å². The molecule has 1 fully saturated rings. The molecular formula is C17H10F3N3O3S. The van der Waals surface area contributed by atoms with Crippen LogP contribution in [0.15, 0.2) is 41.6 Å².